The van der Waals surface area contributed by atoms with Gasteiger partial charge in [-0.3, -0.25) is 9.00 Å². The molecule has 0 saturated carbocycles. The number of amides is 1. The normalized spacial score (nSPS) is 11.9. The number of halogens is 1. The second-order valence-electron chi connectivity index (χ2n) is 3.70. The molecule has 0 fully saturated rings. The Morgan fingerprint density at radius 1 is 1.42 bits per heavy atom. The number of nitrogens with one attached hydrogen (secondary N) is 1. The first-order valence-electron chi connectivity index (χ1n) is 5.63. The molecule has 0 aliphatic rings. The van der Waals surface area contributed by atoms with Gasteiger partial charge in [-0.15, -0.1) is 0 Å². The molecule has 0 aromatic heterocycles. The van der Waals surface area contributed by atoms with Gasteiger partial charge in [-0.25, -0.2) is 4.79 Å². The Hall–Kier alpha value is -1.21. The van der Waals surface area contributed by atoms with Gasteiger partial charge in [-0.05, 0) is 41.1 Å². The van der Waals surface area contributed by atoms with Gasteiger partial charge in [0.15, 0.2) is 0 Å². The van der Waals surface area contributed by atoms with E-state index in [4.69, 9.17) is 5.11 Å². The van der Waals surface area contributed by atoms with Crippen molar-refractivity contribution in [1.82, 2.24) is 5.32 Å². The molecule has 0 aliphatic heterocycles. The van der Waals surface area contributed by atoms with Gasteiger partial charge in [0.25, 0.3) is 0 Å². The molecule has 2 N–H and O–H groups in total. The van der Waals surface area contributed by atoms with Gasteiger partial charge in [0.05, 0.1) is 16.4 Å². The number of carbonyl (C=O) groups excluding carboxylic acids is 1. The molecule has 0 aliphatic carbocycles. The van der Waals surface area contributed by atoms with Gasteiger partial charge < -0.3 is 10.4 Å². The highest BCUT2D eigenvalue weighted by Crippen LogP contribution is 2.20. The fraction of sp³-hybridized carbons (Fsp3) is 0.333. The third kappa shape index (κ3) is 4.76. The van der Waals surface area contributed by atoms with E-state index in [0.29, 0.717) is 15.9 Å². The Morgan fingerprint density at radius 2 is 2.11 bits per heavy atom. The quantitative estimate of drug-likeness (QED) is 0.821. The summed E-state index contributed by atoms with van der Waals surface area (Å²) in [5.74, 6) is -1.08. The topological polar surface area (TPSA) is 83.5 Å². The molecular formula is C12H14BrNO4S. The smallest absolute Gasteiger partial charge is 0.336 e. The van der Waals surface area contributed by atoms with Crippen molar-refractivity contribution in [3.63, 3.8) is 0 Å². The molecule has 7 heteroatoms. The lowest BCUT2D eigenvalue weighted by atomic mass is 10.2. The van der Waals surface area contributed by atoms with Gasteiger partial charge in [0, 0.05) is 28.1 Å². The van der Waals surface area contributed by atoms with Crippen LogP contribution in [0.3, 0.4) is 0 Å². The van der Waals surface area contributed by atoms with Crippen molar-refractivity contribution in [3.8, 4) is 0 Å². The van der Waals surface area contributed by atoms with Crippen molar-refractivity contribution in [2.75, 3.05) is 12.3 Å². The van der Waals surface area contributed by atoms with Crippen LogP contribution in [0.1, 0.15) is 23.7 Å². The number of rotatable bonds is 6. The molecule has 0 radical (unpaired) electrons. The van der Waals surface area contributed by atoms with E-state index < -0.39 is 16.8 Å². The molecule has 5 nitrogen and oxygen atoms in total. The van der Waals surface area contributed by atoms with E-state index in [1.807, 2.05) is 6.92 Å². The van der Waals surface area contributed by atoms with Crippen LogP contribution < -0.4 is 5.32 Å². The molecule has 0 saturated heterocycles. The number of benzene rings is 1. The predicted octanol–water partition coefficient (Wildman–Crippen LogP) is 1.78. The van der Waals surface area contributed by atoms with Gasteiger partial charge in [-0.2, -0.15) is 0 Å². The van der Waals surface area contributed by atoms with E-state index in [2.05, 4.69) is 21.2 Å². The highest BCUT2D eigenvalue weighted by molar-refractivity contribution is 9.10. The number of carboxylic acid groups (broad SMARTS) is 1. The van der Waals surface area contributed by atoms with Crippen molar-refractivity contribution in [2.45, 2.75) is 18.2 Å². The number of hydrogen-bond acceptors (Lipinski definition) is 3. The second-order valence-corrected chi connectivity index (χ2v) is 6.12. The molecular weight excluding hydrogens is 334 g/mol. The maximum Gasteiger partial charge on any atom is 0.336 e. The van der Waals surface area contributed by atoms with Crippen LogP contribution in [-0.2, 0) is 15.6 Å². The van der Waals surface area contributed by atoms with E-state index in [-0.39, 0.29) is 23.6 Å². The number of hydrogen-bond donors (Lipinski definition) is 2. The fourth-order valence-electron chi connectivity index (χ4n) is 1.40. The zero-order valence-electron chi connectivity index (χ0n) is 10.3. The van der Waals surface area contributed by atoms with E-state index in [1.54, 1.807) is 12.1 Å². The summed E-state index contributed by atoms with van der Waals surface area (Å²) in [7, 11) is -1.39. The number of carbonyl (C=O) groups is 2. The van der Waals surface area contributed by atoms with Crippen LogP contribution in [0.2, 0.25) is 0 Å². The minimum absolute atomic E-state index is 0.0591. The Labute approximate surface area is 122 Å². The molecule has 1 aromatic rings. The van der Waals surface area contributed by atoms with E-state index in [9.17, 15) is 13.8 Å². The zero-order valence-corrected chi connectivity index (χ0v) is 12.7. The van der Waals surface area contributed by atoms with Crippen molar-refractivity contribution in [1.29, 1.82) is 0 Å². The summed E-state index contributed by atoms with van der Waals surface area (Å²) in [4.78, 5) is 22.6. The minimum Gasteiger partial charge on any atom is -0.478 e. The fourth-order valence-corrected chi connectivity index (χ4v) is 2.89. The standard InChI is InChI=1S/C12H14BrNO4S/c1-2-14-11(15)5-6-19(18)8-3-4-10(13)9(7-8)12(16)17/h3-4,7H,2,5-6H2,1H3,(H,14,15)(H,16,17). The first kappa shape index (κ1) is 15.8. The summed E-state index contributed by atoms with van der Waals surface area (Å²) >= 11 is 3.12. The lowest BCUT2D eigenvalue weighted by molar-refractivity contribution is -0.120. The Kier molecular flexibility index (Phi) is 6.17. The summed E-state index contributed by atoms with van der Waals surface area (Å²) in [6.45, 7) is 2.34. The molecule has 0 heterocycles. The maximum absolute atomic E-state index is 12.0. The van der Waals surface area contributed by atoms with Crippen LogP contribution >= 0.6 is 15.9 Å². The average Bonchev–Trinajstić information content (AvgIpc) is 2.36. The predicted molar refractivity (Wildman–Crippen MR) is 75.7 cm³/mol. The summed E-state index contributed by atoms with van der Waals surface area (Å²) < 4.78 is 12.4. The molecule has 0 bridgehead atoms. The summed E-state index contributed by atoms with van der Waals surface area (Å²) in [6, 6.07) is 4.49. The first-order valence-corrected chi connectivity index (χ1v) is 7.74. The third-order valence-electron chi connectivity index (χ3n) is 2.32. The van der Waals surface area contributed by atoms with Crippen molar-refractivity contribution < 1.29 is 18.9 Å². The summed E-state index contributed by atoms with van der Waals surface area (Å²) in [5, 5.41) is 11.6. The Balaban J connectivity index is 2.75. The Bertz CT molecular complexity index is 518. The highest BCUT2D eigenvalue weighted by atomic mass is 79.9. The van der Waals surface area contributed by atoms with E-state index in [1.165, 1.54) is 6.07 Å². The van der Waals surface area contributed by atoms with Crippen LogP contribution in [-0.4, -0.2) is 33.5 Å². The van der Waals surface area contributed by atoms with Crippen LogP contribution in [0.25, 0.3) is 0 Å². The number of aromatic carboxylic acids is 1. The van der Waals surface area contributed by atoms with Gasteiger partial charge in [0.1, 0.15) is 0 Å². The summed E-state index contributed by atoms with van der Waals surface area (Å²) in [5.41, 5.74) is 0.0591. The SMILES string of the molecule is CCNC(=O)CCS(=O)c1ccc(Br)c(C(=O)O)c1. The monoisotopic (exact) mass is 347 g/mol. The van der Waals surface area contributed by atoms with Crippen molar-refractivity contribution in [3.05, 3.63) is 28.2 Å². The molecule has 0 spiro atoms. The Morgan fingerprint density at radius 3 is 2.68 bits per heavy atom. The number of carboxylic acids is 1. The van der Waals surface area contributed by atoms with Crippen LogP contribution in [0.15, 0.2) is 27.6 Å². The van der Waals surface area contributed by atoms with Crippen LogP contribution in [0.5, 0.6) is 0 Å². The minimum atomic E-state index is -1.39. The van der Waals surface area contributed by atoms with Crippen molar-refractivity contribution >= 4 is 38.6 Å². The zero-order chi connectivity index (χ0) is 14.4. The first-order chi connectivity index (χ1) is 8.95. The van der Waals surface area contributed by atoms with Gasteiger partial charge >= 0.3 is 5.97 Å². The lowest BCUT2D eigenvalue weighted by Gasteiger charge is -2.05. The summed E-state index contributed by atoms with van der Waals surface area (Å²) in [6.07, 6.45) is 0.152. The molecule has 1 rings (SSSR count). The molecule has 1 amide bonds. The van der Waals surface area contributed by atoms with E-state index in [0.717, 1.165) is 0 Å². The molecule has 1 aromatic carbocycles. The van der Waals surface area contributed by atoms with Crippen LogP contribution in [0.4, 0.5) is 0 Å². The molecule has 1 atom stereocenters. The van der Waals surface area contributed by atoms with Gasteiger partial charge in [0.2, 0.25) is 5.91 Å². The van der Waals surface area contributed by atoms with Crippen molar-refractivity contribution in [2.24, 2.45) is 0 Å². The highest BCUT2D eigenvalue weighted by Gasteiger charge is 2.13. The molecule has 19 heavy (non-hydrogen) atoms. The van der Waals surface area contributed by atoms with Crippen LogP contribution in [0, 0.1) is 0 Å². The van der Waals surface area contributed by atoms with E-state index >= 15 is 0 Å². The third-order valence-corrected chi connectivity index (χ3v) is 4.37. The largest absolute Gasteiger partial charge is 0.478 e. The second kappa shape index (κ2) is 7.40. The average molecular weight is 348 g/mol. The molecule has 1 unspecified atom stereocenters. The van der Waals surface area contributed by atoms with Gasteiger partial charge in [-0.1, -0.05) is 0 Å². The maximum atomic E-state index is 12.0. The lowest BCUT2D eigenvalue weighted by Crippen LogP contribution is -2.24. The molecule has 104 valence electrons.